The molecule has 0 aromatic heterocycles. The Bertz CT molecular complexity index is 1020. The van der Waals surface area contributed by atoms with Crippen molar-refractivity contribution in [3.8, 4) is 5.75 Å². The maximum absolute atomic E-state index is 12.1. The Hall–Kier alpha value is -3.31. The highest BCUT2D eigenvalue weighted by atomic mass is 32.2. The van der Waals surface area contributed by atoms with Crippen LogP contribution in [0.2, 0.25) is 0 Å². The second kappa shape index (κ2) is 7.93. The molecule has 2 rings (SSSR count). The Morgan fingerprint density at radius 2 is 1.96 bits per heavy atom. The normalized spacial score (nSPS) is 11.7. The minimum absolute atomic E-state index is 0.0540. The largest absolute Gasteiger partial charge is 0.507 e. The highest BCUT2D eigenvalue weighted by Gasteiger charge is 2.18. The van der Waals surface area contributed by atoms with Crippen molar-refractivity contribution in [1.82, 2.24) is 9.03 Å². The van der Waals surface area contributed by atoms with Crippen LogP contribution in [-0.4, -0.2) is 49.0 Å². The second-order valence-corrected chi connectivity index (χ2v) is 7.41. The van der Waals surface area contributed by atoms with Gasteiger partial charge in [-0.05, 0) is 24.3 Å². The van der Waals surface area contributed by atoms with Crippen LogP contribution in [0.1, 0.15) is 15.9 Å². The first kappa shape index (κ1) is 20.0. The highest BCUT2D eigenvalue weighted by molar-refractivity contribution is 7.87. The molecule has 0 fully saturated rings. The lowest BCUT2D eigenvalue weighted by Crippen LogP contribution is -2.39. The van der Waals surface area contributed by atoms with Gasteiger partial charge in [0, 0.05) is 43.6 Å². The van der Waals surface area contributed by atoms with Crippen LogP contribution in [0, 0.1) is 10.1 Å². The summed E-state index contributed by atoms with van der Waals surface area (Å²) >= 11 is 0. The zero-order chi connectivity index (χ0) is 20.2. The van der Waals surface area contributed by atoms with Crippen LogP contribution >= 0.6 is 0 Å². The summed E-state index contributed by atoms with van der Waals surface area (Å²) in [7, 11) is -1.37. The fourth-order valence-electron chi connectivity index (χ4n) is 1.90. The molecule has 0 atom stereocenters. The maximum Gasteiger partial charge on any atom is 0.303 e. The topological polar surface area (TPSA) is 142 Å². The van der Waals surface area contributed by atoms with E-state index in [-0.39, 0.29) is 28.3 Å². The number of hydrogen-bond donors (Lipinski definition) is 2. The number of hydrogen-bond acceptors (Lipinski definition) is 7. The highest BCUT2D eigenvalue weighted by Crippen LogP contribution is 2.22. The minimum atomic E-state index is -3.93. The van der Waals surface area contributed by atoms with E-state index in [1.54, 1.807) is 6.07 Å². The smallest absolute Gasteiger partial charge is 0.303 e. The molecule has 0 aliphatic rings. The lowest BCUT2D eigenvalue weighted by Gasteiger charge is -2.12. The van der Waals surface area contributed by atoms with E-state index < -0.39 is 21.0 Å². The van der Waals surface area contributed by atoms with Crippen molar-refractivity contribution in [2.24, 2.45) is 4.99 Å². The number of aromatic hydroxyl groups is 1. The third kappa shape index (κ3) is 5.09. The van der Waals surface area contributed by atoms with Crippen LogP contribution in [0.4, 0.5) is 11.4 Å². The Morgan fingerprint density at radius 3 is 2.59 bits per heavy atom. The van der Waals surface area contributed by atoms with Gasteiger partial charge in [0.05, 0.1) is 10.6 Å². The number of carbonyl (C=O) groups excluding carboxylic acids is 1. The molecular weight excluding hydrogens is 376 g/mol. The van der Waals surface area contributed by atoms with Crippen LogP contribution in [0.5, 0.6) is 5.75 Å². The third-order valence-corrected chi connectivity index (χ3v) is 4.79. The zero-order valence-electron chi connectivity index (χ0n) is 14.4. The first-order valence-corrected chi connectivity index (χ1v) is 8.90. The standard InChI is InChI=1S/C16H16N4O6S/c1-19(2)27(25,26)18-16(22)11-4-3-5-13(8-11)17-10-12-9-14(20(23)24)6-7-15(12)21/h3-10,21H,1-2H3,(H,18,22). The summed E-state index contributed by atoms with van der Waals surface area (Å²) < 4.78 is 26.2. The molecule has 2 aromatic carbocycles. The quantitative estimate of drug-likeness (QED) is 0.434. The minimum Gasteiger partial charge on any atom is -0.507 e. The van der Waals surface area contributed by atoms with E-state index >= 15 is 0 Å². The molecule has 0 heterocycles. The number of carbonyl (C=O) groups is 1. The van der Waals surface area contributed by atoms with Gasteiger partial charge in [-0.3, -0.25) is 19.9 Å². The summed E-state index contributed by atoms with van der Waals surface area (Å²) in [6, 6.07) is 9.27. The SMILES string of the molecule is CN(C)S(=O)(=O)NC(=O)c1cccc(N=Cc2cc([N+](=O)[O-])ccc2O)c1. The van der Waals surface area contributed by atoms with Gasteiger partial charge in [-0.1, -0.05) is 6.07 Å². The van der Waals surface area contributed by atoms with E-state index in [2.05, 4.69) is 4.99 Å². The summed E-state index contributed by atoms with van der Waals surface area (Å²) in [5.41, 5.74) is 0.250. The first-order chi connectivity index (χ1) is 12.6. The van der Waals surface area contributed by atoms with Gasteiger partial charge in [-0.25, -0.2) is 4.72 Å². The van der Waals surface area contributed by atoms with Crippen molar-refractivity contribution in [3.63, 3.8) is 0 Å². The predicted molar refractivity (Wildman–Crippen MR) is 98.5 cm³/mol. The average molecular weight is 392 g/mol. The number of rotatable bonds is 6. The lowest BCUT2D eigenvalue weighted by atomic mass is 10.2. The molecular formula is C16H16N4O6S. The van der Waals surface area contributed by atoms with Crippen molar-refractivity contribution >= 4 is 33.7 Å². The molecule has 0 spiro atoms. The molecule has 2 N–H and O–H groups in total. The van der Waals surface area contributed by atoms with Crippen LogP contribution < -0.4 is 4.72 Å². The molecule has 11 heteroatoms. The fourth-order valence-corrected chi connectivity index (χ4v) is 2.43. The molecule has 2 aromatic rings. The van der Waals surface area contributed by atoms with E-state index in [0.29, 0.717) is 0 Å². The Labute approximate surface area is 155 Å². The van der Waals surface area contributed by atoms with Gasteiger partial charge in [0.25, 0.3) is 11.6 Å². The molecule has 27 heavy (non-hydrogen) atoms. The van der Waals surface area contributed by atoms with Crippen molar-refractivity contribution in [3.05, 3.63) is 63.7 Å². The van der Waals surface area contributed by atoms with Gasteiger partial charge in [0.1, 0.15) is 5.75 Å². The lowest BCUT2D eigenvalue weighted by molar-refractivity contribution is -0.384. The van der Waals surface area contributed by atoms with Crippen molar-refractivity contribution in [1.29, 1.82) is 0 Å². The number of phenols is 1. The molecule has 1 amide bonds. The number of nitrogens with one attached hydrogen (secondary N) is 1. The van der Waals surface area contributed by atoms with Gasteiger partial charge in [0.2, 0.25) is 0 Å². The van der Waals surface area contributed by atoms with Gasteiger partial charge in [0.15, 0.2) is 0 Å². The number of aliphatic imine (C=N–C) groups is 1. The van der Waals surface area contributed by atoms with E-state index in [1.165, 1.54) is 44.6 Å². The molecule has 10 nitrogen and oxygen atoms in total. The van der Waals surface area contributed by atoms with Crippen LogP contribution in [-0.2, 0) is 10.2 Å². The summed E-state index contributed by atoms with van der Waals surface area (Å²) in [5.74, 6) is -1.03. The van der Waals surface area contributed by atoms with E-state index in [4.69, 9.17) is 0 Å². The number of non-ortho nitro benzene ring substituents is 1. The van der Waals surface area contributed by atoms with Crippen LogP contribution in [0.3, 0.4) is 0 Å². The van der Waals surface area contributed by atoms with Crippen LogP contribution in [0.25, 0.3) is 0 Å². The average Bonchev–Trinajstić information content (AvgIpc) is 2.60. The Morgan fingerprint density at radius 1 is 1.26 bits per heavy atom. The van der Waals surface area contributed by atoms with Crippen LogP contribution in [0.15, 0.2) is 47.5 Å². The zero-order valence-corrected chi connectivity index (χ0v) is 15.2. The summed E-state index contributed by atoms with van der Waals surface area (Å²) in [5, 5.41) is 20.6. The molecule has 0 saturated heterocycles. The van der Waals surface area contributed by atoms with Crippen molar-refractivity contribution in [2.45, 2.75) is 0 Å². The molecule has 0 aliphatic carbocycles. The number of nitro benzene ring substituents is 1. The molecule has 0 aliphatic heterocycles. The van der Waals surface area contributed by atoms with Crippen molar-refractivity contribution < 1.29 is 23.2 Å². The summed E-state index contributed by atoms with van der Waals surface area (Å²) in [4.78, 5) is 26.3. The first-order valence-electron chi connectivity index (χ1n) is 7.46. The monoisotopic (exact) mass is 392 g/mol. The fraction of sp³-hybridized carbons (Fsp3) is 0.125. The Balaban J connectivity index is 2.26. The van der Waals surface area contributed by atoms with Crippen molar-refractivity contribution in [2.75, 3.05) is 14.1 Å². The molecule has 0 bridgehead atoms. The molecule has 142 valence electrons. The summed E-state index contributed by atoms with van der Waals surface area (Å²) in [6.45, 7) is 0. The number of benzene rings is 2. The van der Waals surface area contributed by atoms with Gasteiger partial charge >= 0.3 is 10.2 Å². The summed E-state index contributed by atoms with van der Waals surface area (Å²) in [6.07, 6.45) is 1.20. The second-order valence-electron chi connectivity index (χ2n) is 5.53. The molecule has 0 unspecified atom stereocenters. The Kier molecular flexibility index (Phi) is 5.88. The number of nitrogens with zero attached hydrogens (tertiary/aromatic N) is 3. The van der Waals surface area contributed by atoms with E-state index in [9.17, 15) is 28.4 Å². The van der Waals surface area contributed by atoms with Gasteiger partial charge in [-0.15, -0.1) is 0 Å². The number of phenolic OH excluding ortho intramolecular Hbond substituents is 1. The maximum atomic E-state index is 12.1. The van der Waals surface area contributed by atoms with E-state index in [1.807, 2.05) is 4.72 Å². The van der Waals surface area contributed by atoms with Gasteiger partial charge in [-0.2, -0.15) is 12.7 Å². The van der Waals surface area contributed by atoms with Gasteiger partial charge < -0.3 is 5.11 Å². The number of amides is 1. The molecule has 0 saturated carbocycles. The third-order valence-electron chi connectivity index (χ3n) is 3.39. The number of nitro groups is 1. The predicted octanol–water partition coefficient (Wildman–Crippen LogP) is 1.59. The molecule has 0 radical (unpaired) electrons. The van der Waals surface area contributed by atoms with E-state index in [0.717, 1.165) is 16.4 Å².